The molecule has 1 aliphatic carbocycles. The van der Waals surface area contributed by atoms with Gasteiger partial charge in [0.1, 0.15) is 12.4 Å². The van der Waals surface area contributed by atoms with Gasteiger partial charge in [-0.15, -0.1) is 0 Å². The maximum Gasteiger partial charge on any atom is 0.225 e. The number of carbonyl (C=O) groups excluding carboxylic acids is 1. The highest BCUT2D eigenvalue weighted by atomic mass is 16.5. The van der Waals surface area contributed by atoms with E-state index in [9.17, 15) is 4.79 Å². The number of aliphatic imine (C=N–C) groups is 1. The molecule has 0 atom stereocenters. The van der Waals surface area contributed by atoms with Gasteiger partial charge in [-0.3, -0.25) is 14.7 Å². The van der Waals surface area contributed by atoms with E-state index in [0.29, 0.717) is 25.0 Å². The van der Waals surface area contributed by atoms with E-state index in [0.717, 1.165) is 63.8 Å². The van der Waals surface area contributed by atoms with E-state index in [4.69, 9.17) is 4.74 Å². The van der Waals surface area contributed by atoms with E-state index in [1.165, 1.54) is 12.8 Å². The Morgan fingerprint density at radius 1 is 1.07 bits per heavy atom. The summed E-state index contributed by atoms with van der Waals surface area (Å²) in [7, 11) is 1.78. The van der Waals surface area contributed by atoms with Crippen LogP contribution in [-0.4, -0.2) is 81.1 Å². The molecule has 0 radical (unpaired) electrons. The molecule has 0 unspecified atom stereocenters. The summed E-state index contributed by atoms with van der Waals surface area (Å²) in [6.07, 6.45) is 4.61. The zero-order valence-corrected chi connectivity index (χ0v) is 17.6. The third-order valence-electron chi connectivity index (χ3n) is 5.74. The fraction of sp³-hybridized carbons (Fsp3) is 0.636. The first-order chi connectivity index (χ1) is 14.3. The van der Waals surface area contributed by atoms with Crippen LogP contribution in [0.25, 0.3) is 0 Å². The normalized spacial score (nSPS) is 18.7. The largest absolute Gasteiger partial charge is 0.492 e. The number of rotatable bonds is 8. The van der Waals surface area contributed by atoms with E-state index in [1.54, 1.807) is 7.05 Å². The van der Waals surface area contributed by atoms with Crippen molar-refractivity contribution in [3.8, 4) is 5.75 Å². The summed E-state index contributed by atoms with van der Waals surface area (Å²) in [5, 5.41) is 6.63. The molecule has 1 amide bonds. The SMILES string of the molecule is CN=C(NCCOc1ccccc1)NCCN1CCN(C(=O)C2CCCC2)CC1. The summed E-state index contributed by atoms with van der Waals surface area (Å²) in [5.74, 6) is 2.35. The molecule has 1 aliphatic heterocycles. The Bertz CT molecular complexity index is 638. The number of hydrogen-bond donors (Lipinski definition) is 2. The van der Waals surface area contributed by atoms with Gasteiger partial charge < -0.3 is 20.3 Å². The van der Waals surface area contributed by atoms with Crippen LogP contribution in [0.3, 0.4) is 0 Å². The molecule has 160 valence electrons. The molecule has 0 spiro atoms. The molecule has 0 bridgehead atoms. The molecular formula is C22H35N5O2. The predicted molar refractivity (Wildman–Crippen MR) is 116 cm³/mol. The van der Waals surface area contributed by atoms with Gasteiger partial charge in [-0.2, -0.15) is 0 Å². The van der Waals surface area contributed by atoms with E-state index >= 15 is 0 Å². The Morgan fingerprint density at radius 2 is 1.76 bits per heavy atom. The molecule has 3 rings (SSSR count). The van der Waals surface area contributed by atoms with Crippen molar-refractivity contribution in [2.45, 2.75) is 25.7 Å². The lowest BCUT2D eigenvalue weighted by molar-refractivity contribution is -0.137. The molecule has 1 heterocycles. The zero-order chi connectivity index (χ0) is 20.3. The van der Waals surface area contributed by atoms with Crippen molar-refractivity contribution in [3.05, 3.63) is 30.3 Å². The van der Waals surface area contributed by atoms with Crippen LogP contribution in [0.5, 0.6) is 5.75 Å². The Hall–Kier alpha value is -2.28. The fourth-order valence-corrected chi connectivity index (χ4v) is 4.03. The number of para-hydroxylation sites is 1. The van der Waals surface area contributed by atoms with Gasteiger partial charge >= 0.3 is 0 Å². The highest BCUT2D eigenvalue weighted by molar-refractivity contribution is 5.79. The van der Waals surface area contributed by atoms with Crippen molar-refractivity contribution in [1.82, 2.24) is 20.4 Å². The van der Waals surface area contributed by atoms with E-state index in [2.05, 4.69) is 25.4 Å². The van der Waals surface area contributed by atoms with Gasteiger partial charge in [0.15, 0.2) is 5.96 Å². The summed E-state index contributed by atoms with van der Waals surface area (Å²) >= 11 is 0. The van der Waals surface area contributed by atoms with Crippen LogP contribution >= 0.6 is 0 Å². The summed E-state index contributed by atoms with van der Waals surface area (Å²) in [6, 6.07) is 9.81. The lowest BCUT2D eigenvalue weighted by atomic mass is 10.1. The van der Waals surface area contributed by atoms with Crippen molar-refractivity contribution < 1.29 is 9.53 Å². The third-order valence-corrected chi connectivity index (χ3v) is 5.74. The highest BCUT2D eigenvalue weighted by Crippen LogP contribution is 2.26. The van der Waals surface area contributed by atoms with Crippen molar-refractivity contribution in [1.29, 1.82) is 0 Å². The van der Waals surface area contributed by atoms with Crippen molar-refractivity contribution in [2.24, 2.45) is 10.9 Å². The number of nitrogens with one attached hydrogen (secondary N) is 2. The zero-order valence-electron chi connectivity index (χ0n) is 17.6. The second-order valence-corrected chi connectivity index (χ2v) is 7.74. The van der Waals surface area contributed by atoms with Crippen LogP contribution in [0, 0.1) is 5.92 Å². The maximum absolute atomic E-state index is 12.5. The number of guanidine groups is 1. The van der Waals surface area contributed by atoms with Gasteiger partial charge in [0, 0.05) is 52.2 Å². The van der Waals surface area contributed by atoms with Crippen LogP contribution in [0.15, 0.2) is 35.3 Å². The Labute approximate surface area is 174 Å². The molecule has 1 aromatic rings. The topological polar surface area (TPSA) is 69.2 Å². The minimum atomic E-state index is 0.295. The molecule has 7 nitrogen and oxygen atoms in total. The van der Waals surface area contributed by atoms with Gasteiger partial charge in [0.2, 0.25) is 5.91 Å². The number of carbonyl (C=O) groups is 1. The molecule has 0 aromatic heterocycles. The van der Waals surface area contributed by atoms with Crippen LogP contribution in [-0.2, 0) is 4.79 Å². The first-order valence-electron chi connectivity index (χ1n) is 10.9. The fourth-order valence-electron chi connectivity index (χ4n) is 4.03. The number of benzene rings is 1. The minimum Gasteiger partial charge on any atom is -0.492 e. The first-order valence-corrected chi connectivity index (χ1v) is 10.9. The maximum atomic E-state index is 12.5. The van der Waals surface area contributed by atoms with Crippen molar-refractivity contribution in [2.75, 3.05) is 59.5 Å². The van der Waals surface area contributed by atoms with Crippen LogP contribution in [0.1, 0.15) is 25.7 Å². The monoisotopic (exact) mass is 401 g/mol. The minimum absolute atomic E-state index is 0.295. The number of ether oxygens (including phenoxy) is 1. The lowest BCUT2D eigenvalue weighted by Gasteiger charge is -2.36. The number of hydrogen-bond acceptors (Lipinski definition) is 4. The molecule has 2 fully saturated rings. The molecule has 7 heteroatoms. The van der Waals surface area contributed by atoms with E-state index in [-0.39, 0.29) is 0 Å². The second-order valence-electron chi connectivity index (χ2n) is 7.74. The van der Waals surface area contributed by atoms with Gasteiger partial charge in [0.25, 0.3) is 0 Å². The smallest absolute Gasteiger partial charge is 0.225 e. The van der Waals surface area contributed by atoms with Gasteiger partial charge in [-0.05, 0) is 25.0 Å². The highest BCUT2D eigenvalue weighted by Gasteiger charge is 2.29. The molecule has 2 aliphatic rings. The molecule has 2 N–H and O–H groups in total. The van der Waals surface area contributed by atoms with E-state index < -0.39 is 0 Å². The summed E-state index contributed by atoms with van der Waals surface area (Å²) in [4.78, 5) is 21.3. The van der Waals surface area contributed by atoms with Crippen molar-refractivity contribution >= 4 is 11.9 Å². The number of amides is 1. The van der Waals surface area contributed by atoms with Gasteiger partial charge in [-0.25, -0.2) is 0 Å². The quantitative estimate of drug-likeness (QED) is 0.393. The predicted octanol–water partition coefficient (Wildman–Crippen LogP) is 1.56. The number of piperazine rings is 1. The van der Waals surface area contributed by atoms with E-state index in [1.807, 2.05) is 30.3 Å². The summed E-state index contributed by atoms with van der Waals surface area (Å²) < 4.78 is 5.68. The average molecular weight is 402 g/mol. The molecule has 1 saturated carbocycles. The first kappa shape index (κ1) is 21.4. The molecule has 1 saturated heterocycles. The molecule has 1 aromatic carbocycles. The van der Waals surface area contributed by atoms with Gasteiger partial charge in [-0.1, -0.05) is 31.0 Å². The molecule has 29 heavy (non-hydrogen) atoms. The van der Waals surface area contributed by atoms with Crippen molar-refractivity contribution in [3.63, 3.8) is 0 Å². The molecular weight excluding hydrogens is 366 g/mol. The average Bonchev–Trinajstić information content (AvgIpc) is 3.31. The van der Waals surface area contributed by atoms with Crippen LogP contribution < -0.4 is 15.4 Å². The standard InChI is InChI=1S/C22H35N5O2/c1-23-22(25-12-18-29-20-9-3-2-4-10-20)24-11-13-26-14-16-27(17-15-26)21(28)19-7-5-6-8-19/h2-4,9-10,19H,5-8,11-18H2,1H3,(H2,23,24,25). The third kappa shape index (κ3) is 6.92. The Kier molecular flexibility index (Phi) is 8.61. The Morgan fingerprint density at radius 3 is 2.45 bits per heavy atom. The van der Waals surface area contributed by atoms with Crippen LogP contribution in [0.2, 0.25) is 0 Å². The summed E-state index contributed by atoms with van der Waals surface area (Å²) in [6.45, 7) is 6.69. The lowest BCUT2D eigenvalue weighted by Crippen LogP contribution is -2.52. The van der Waals surface area contributed by atoms with Gasteiger partial charge in [0.05, 0.1) is 6.54 Å². The van der Waals surface area contributed by atoms with Crippen LogP contribution in [0.4, 0.5) is 0 Å². The summed E-state index contributed by atoms with van der Waals surface area (Å²) in [5.41, 5.74) is 0. The Balaban J connectivity index is 1.26. The number of nitrogens with zero attached hydrogens (tertiary/aromatic N) is 3. The second kappa shape index (κ2) is 11.7.